The zero-order valence-electron chi connectivity index (χ0n) is 15.4. The number of nitrogens with one attached hydrogen (secondary N) is 2. The van der Waals surface area contributed by atoms with Gasteiger partial charge in [0.15, 0.2) is 16.9 Å². The van der Waals surface area contributed by atoms with E-state index < -0.39 is 17.8 Å². The molecule has 2 aromatic rings. The molecular formula is C20H20Cl2N2O3S. The molecule has 2 atom stereocenters. The molecule has 2 N–H and O–H groups in total. The second-order valence-electron chi connectivity index (χ2n) is 5.94. The maximum absolute atomic E-state index is 12.7. The normalized spacial score (nSPS) is 12.6. The standard InChI is InChI=1S/C20H20Cl2N2O3S/c1-3-16(13-9-10-14(21)15(22)11-13)23-20(28)24-17(19(26)27-2)18(25)12-7-5-4-6-8-12/h4-11,16-17H,3H2,1-2H3,(H2,23,24,28). The van der Waals surface area contributed by atoms with Crippen molar-refractivity contribution >= 4 is 52.3 Å². The fourth-order valence-corrected chi connectivity index (χ4v) is 3.17. The number of ketones is 1. The third-order valence-electron chi connectivity index (χ3n) is 4.09. The Kier molecular flexibility index (Phi) is 8.23. The number of carbonyl (C=O) groups excluding carboxylic acids is 2. The van der Waals surface area contributed by atoms with Crippen LogP contribution in [0.3, 0.4) is 0 Å². The molecule has 0 aromatic heterocycles. The lowest BCUT2D eigenvalue weighted by molar-refractivity contribution is -0.141. The van der Waals surface area contributed by atoms with Gasteiger partial charge in [-0.1, -0.05) is 66.5 Å². The average molecular weight is 439 g/mol. The van der Waals surface area contributed by atoms with E-state index in [1.807, 2.05) is 13.0 Å². The molecule has 0 heterocycles. The van der Waals surface area contributed by atoms with Crippen molar-refractivity contribution in [3.05, 3.63) is 69.7 Å². The van der Waals surface area contributed by atoms with Crippen molar-refractivity contribution in [2.75, 3.05) is 7.11 Å². The molecule has 0 aliphatic carbocycles. The molecule has 148 valence electrons. The lowest BCUT2D eigenvalue weighted by atomic mass is 10.0. The molecule has 0 spiro atoms. The molecule has 2 aromatic carbocycles. The van der Waals surface area contributed by atoms with Gasteiger partial charge < -0.3 is 15.4 Å². The summed E-state index contributed by atoms with van der Waals surface area (Å²) in [5, 5.41) is 6.91. The van der Waals surface area contributed by atoms with E-state index in [1.165, 1.54) is 7.11 Å². The van der Waals surface area contributed by atoms with Crippen LogP contribution in [0.1, 0.15) is 35.3 Å². The van der Waals surface area contributed by atoms with Crippen LogP contribution < -0.4 is 10.6 Å². The smallest absolute Gasteiger partial charge is 0.336 e. The Balaban J connectivity index is 2.14. The van der Waals surface area contributed by atoms with E-state index in [2.05, 4.69) is 10.6 Å². The highest BCUT2D eigenvalue weighted by Crippen LogP contribution is 2.26. The molecule has 0 saturated heterocycles. The first-order chi connectivity index (χ1) is 13.4. The van der Waals surface area contributed by atoms with Gasteiger partial charge in [-0.05, 0) is 36.3 Å². The van der Waals surface area contributed by atoms with Gasteiger partial charge in [0.2, 0.25) is 0 Å². The molecule has 0 radical (unpaired) electrons. The van der Waals surface area contributed by atoms with Crippen LogP contribution in [0.15, 0.2) is 48.5 Å². The monoisotopic (exact) mass is 438 g/mol. The highest BCUT2D eigenvalue weighted by atomic mass is 35.5. The summed E-state index contributed by atoms with van der Waals surface area (Å²) in [6, 6.07) is 12.3. The highest BCUT2D eigenvalue weighted by Gasteiger charge is 2.29. The Bertz CT molecular complexity index is 862. The Morgan fingerprint density at radius 3 is 2.32 bits per heavy atom. The Hall–Kier alpha value is -2.15. The number of thiocarbonyl (C=S) groups is 1. The first kappa shape index (κ1) is 22.1. The lowest BCUT2D eigenvalue weighted by Crippen LogP contribution is -2.51. The SMILES string of the molecule is CCC(NC(=S)NC(C(=O)OC)C(=O)c1ccccc1)c1ccc(Cl)c(Cl)c1. The fourth-order valence-electron chi connectivity index (χ4n) is 2.60. The van der Waals surface area contributed by atoms with Crippen molar-refractivity contribution in [3.63, 3.8) is 0 Å². The average Bonchev–Trinajstić information content (AvgIpc) is 2.72. The molecule has 0 saturated carbocycles. The highest BCUT2D eigenvalue weighted by molar-refractivity contribution is 7.80. The number of hydrogen-bond donors (Lipinski definition) is 2. The third-order valence-corrected chi connectivity index (χ3v) is 5.07. The number of Topliss-reactive ketones (excluding diaryl/α,β-unsaturated/α-hetero) is 1. The molecule has 28 heavy (non-hydrogen) atoms. The van der Waals surface area contributed by atoms with Gasteiger partial charge in [-0.15, -0.1) is 0 Å². The largest absolute Gasteiger partial charge is 0.467 e. The summed E-state index contributed by atoms with van der Waals surface area (Å²) < 4.78 is 4.76. The van der Waals surface area contributed by atoms with Gasteiger partial charge in [0, 0.05) is 5.56 Å². The van der Waals surface area contributed by atoms with Crippen LogP contribution in [-0.2, 0) is 9.53 Å². The van der Waals surface area contributed by atoms with E-state index in [4.69, 9.17) is 40.2 Å². The second-order valence-corrected chi connectivity index (χ2v) is 7.16. The zero-order valence-corrected chi connectivity index (χ0v) is 17.7. The van der Waals surface area contributed by atoms with E-state index in [-0.39, 0.29) is 11.2 Å². The number of esters is 1. The number of ether oxygens (including phenoxy) is 1. The van der Waals surface area contributed by atoms with E-state index >= 15 is 0 Å². The molecule has 0 bridgehead atoms. The topological polar surface area (TPSA) is 67.4 Å². The van der Waals surface area contributed by atoms with Crippen molar-refractivity contribution < 1.29 is 14.3 Å². The van der Waals surface area contributed by atoms with E-state index in [0.717, 1.165) is 5.56 Å². The summed E-state index contributed by atoms with van der Waals surface area (Å²) in [5.74, 6) is -1.15. The summed E-state index contributed by atoms with van der Waals surface area (Å²) in [7, 11) is 1.22. The second kappa shape index (κ2) is 10.4. The van der Waals surface area contributed by atoms with E-state index in [9.17, 15) is 9.59 Å². The Morgan fingerprint density at radius 2 is 1.75 bits per heavy atom. The van der Waals surface area contributed by atoms with Gasteiger partial charge in [-0.25, -0.2) is 4.79 Å². The van der Waals surface area contributed by atoms with Crippen LogP contribution >= 0.6 is 35.4 Å². The fraction of sp³-hybridized carbons (Fsp3) is 0.250. The number of rotatable bonds is 7. The van der Waals surface area contributed by atoms with Crippen LogP contribution in [0.4, 0.5) is 0 Å². The number of hydrogen-bond acceptors (Lipinski definition) is 4. The van der Waals surface area contributed by atoms with Crippen molar-refractivity contribution in [2.24, 2.45) is 0 Å². The summed E-state index contributed by atoms with van der Waals surface area (Å²) in [4.78, 5) is 24.8. The first-order valence-corrected chi connectivity index (χ1v) is 9.72. The van der Waals surface area contributed by atoms with Gasteiger partial charge >= 0.3 is 5.97 Å². The van der Waals surface area contributed by atoms with Crippen LogP contribution in [-0.4, -0.2) is 30.0 Å². The molecule has 2 unspecified atom stereocenters. The summed E-state index contributed by atoms with van der Waals surface area (Å²) in [6.07, 6.45) is 0.690. The Morgan fingerprint density at radius 1 is 1.07 bits per heavy atom. The maximum Gasteiger partial charge on any atom is 0.336 e. The predicted molar refractivity (Wildman–Crippen MR) is 115 cm³/mol. The van der Waals surface area contributed by atoms with Gasteiger partial charge in [-0.3, -0.25) is 4.79 Å². The minimum Gasteiger partial charge on any atom is -0.467 e. The molecular weight excluding hydrogens is 419 g/mol. The Labute approximate surface area is 179 Å². The molecule has 8 heteroatoms. The molecule has 0 aliphatic heterocycles. The maximum atomic E-state index is 12.7. The third kappa shape index (κ3) is 5.67. The van der Waals surface area contributed by atoms with Crippen LogP contribution in [0.5, 0.6) is 0 Å². The van der Waals surface area contributed by atoms with Gasteiger partial charge in [0.05, 0.1) is 23.2 Å². The van der Waals surface area contributed by atoms with Crippen molar-refractivity contribution in [1.29, 1.82) is 0 Å². The number of carbonyl (C=O) groups is 2. The van der Waals surface area contributed by atoms with Crippen LogP contribution in [0, 0.1) is 0 Å². The minimum absolute atomic E-state index is 0.151. The first-order valence-electron chi connectivity index (χ1n) is 8.56. The van der Waals surface area contributed by atoms with Crippen LogP contribution in [0.25, 0.3) is 0 Å². The van der Waals surface area contributed by atoms with Gasteiger partial charge in [0.1, 0.15) is 0 Å². The van der Waals surface area contributed by atoms with Gasteiger partial charge in [-0.2, -0.15) is 0 Å². The number of halogens is 2. The summed E-state index contributed by atoms with van der Waals surface area (Å²) >= 11 is 17.4. The molecule has 5 nitrogen and oxygen atoms in total. The van der Waals surface area contributed by atoms with Crippen molar-refractivity contribution in [2.45, 2.75) is 25.4 Å². The minimum atomic E-state index is -1.25. The zero-order chi connectivity index (χ0) is 20.7. The van der Waals surface area contributed by atoms with Crippen molar-refractivity contribution in [1.82, 2.24) is 10.6 Å². The predicted octanol–water partition coefficient (Wildman–Crippen LogP) is 4.33. The number of benzene rings is 2. The summed E-state index contributed by atoms with van der Waals surface area (Å²) in [6.45, 7) is 1.97. The van der Waals surface area contributed by atoms with E-state index in [0.29, 0.717) is 22.0 Å². The van der Waals surface area contributed by atoms with Crippen LogP contribution in [0.2, 0.25) is 10.0 Å². The molecule has 0 amide bonds. The van der Waals surface area contributed by atoms with Gasteiger partial charge in [0.25, 0.3) is 0 Å². The lowest BCUT2D eigenvalue weighted by Gasteiger charge is -2.23. The van der Waals surface area contributed by atoms with Crippen molar-refractivity contribution in [3.8, 4) is 0 Å². The summed E-state index contributed by atoms with van der Waals surface area (Å²) in [5.41, 5.74) is 1.26. The molecule has 2 rings (SSSR count). The quantitative estimate of drug-likeness (QED) is 0.290. The number of methoxy groups -OCH3 is 1. The van der Waals surface area contributed by atoms with E-state index in [1.54, 1.807) is 42.5 Å². The molecule has 0 fully saturated rings. The molecule has 0 aliphatic rings.